The number of nitrogens with one attached hydrogen (secondary N) is 1. The minimum absolute atomic E-state index is 0.0206. The number of aliphatic hydroxyl groups is 1. The molecule has 0 spiro atoms. The maximum absolute atomic E-state index is 13.5. The van der Waals surface area contributed by atoms with E-state index in [0.717, 1.165) is 28.3 Å². The molecule has 3 aromatic carbocycles. The van der Waals surface area contributed by atoms with E-state index in [-0.39, 0.29) is 35.3 Å². The average Bonchev–Trinajstić information content (AvgIpc) is 3.19. The lowest BCUT2D eigenvalue weighted by atomic mass is 9.99. The number of carbonyl (C=O) groups is 1. The number of carbonyl (C=O) groups excluding carboxylic acids is 1. The number of rotatable bonds is 10. The Morgan fingerprint density at radius 3 is 2.51 bits per heavy atom. The zero-order chi connectivity index (χ0) is 26.7. The topological polar surface area (TPSA) is 99.8 Å². The van der Waals surface area contributed by atoms with Gasteiger partial charge in [-0.25, -0.2) is 13.1 Å². The summed E-state index contributed by atoms with van der Waals surface area (Å²) in [4.78, 5) is 15.4. The van der Waals surface area contributed by atoms with E-state index in [1.165, 1.54) is 6.07 Å². The third-order valence-electron chi connectivity index (χ3n) is 5.88. The standard InChI is InChI=1S/C27H26Cl2N2O5S/c1-31(10-11-32)16-23-21-8-6-19(18-5-3-4-17(12-18)15-30-37(2,34)35)13-25(21)36-27(23)26(33)22-9-7-20(28)14-24(22)29/h3-9,12-14,30,32H,10-11,15-16H2,1-2H3. The highest BCUT2D eigenvalue weighted by atomic mass is 35.5. The normalized spacial score (nSPS) is 11.9. The Morgan fingerprint density at radius 1 is 1.05 bits per heavy atom. The largest absolute Gasteiger partial charge is 0.452 e. The fourth-order valence-corrected chi connectivity index (χ4v) is 4.98. The van der Waals surface area contributed by atoms with Gasteiger partial charge in [-0.05, 0) is 54.1 Å². The highest BCUT2D eigenvalue weighted by Gasteiger charge is 2.25. The summed E-state index contributed by atoms with van der Waals surface area (Å²) in [5, 5.41) is 10.8. The third kappa shape index (κ3) is 6.59. The van der Waals surface area contributed by atoms with Crippen LogP contribution in [0.5, 0.6) is 0 Å². The Hall–Kier alpha value is -2.72. The molecule has 0 atom stereocenters. The van der Waals surface area contributed by atoms with Crippen molar-refractivity contribution in [2.75, 3.05) is 26.5 Å². The van der Waals surface area contributed by atoms with Crippen molar-refractivity contribution in [3.05, 3.63) is 93.2 Å². The van der Waals surface area contributed by atoms with Gasteiger partial charge in [0.1, 0.15) is 5.58 Å². The quantitative estimate of drug-likeness (QED) is 0.261. The van der Waals surface area contributed by atoms with Gasteiger partial charge in [0.05, 0.1) is 17.9 Å². The monoisotopic (exact) mass is 560 g/mol. The van der Waals surface area contributed by atoms with E-state index in [2.05, 4.69) is 4.72 Å². The number of ketones is 1. The first-order valence-corrected chi connectivity index (χ1v) is 14.1. The van der Waals surface area contributed by atoms with Gasteiger partial charge in [-0.1, -0.05) is 53.5 Å². The Kier molecular flexibility index (Phi) is 8.38. The summed E-state index contributed by atoms with van der Waals surface area (Å²) in [5.74, 6) is -0.187. The molecule has 0 saturated carbocycles. The zero-order valence-corrected chi connectivity index (χ0v) is 22.6. The molecule has 4 aromatic rings. The van der Waals surface area contributed by atoms with E-state index in [1.807, 2.05) is 54.4 Å². The number of hydrogen-bond acceptors (Lipinski definition) is 6. The van der Waals surface area contributed by atoms with Crippen molar-refractivity contribution in [3.8, 4) is 11.1 Å². The molecule has 1 aromatic heterocycles. The van der Waals surface area contributed by atoms with Crippen molar-refractivity contribution < 1.29 is 22.7 Å². The summed E-state index contributed by atoms with van der Waals surface area (Å²) in [6.07, 6.45) is 1.12. The molecule has 0 amide bonds. The second-order valence-corrected chi connectivity index (χ2v) is 11.5. The van der Waals surface area contributed by atoms with E-state index in [4.69, 9.17) is 27.6 Å². The predicted molar refractivity (Wildman–Crippen MR) is 147 cm³/mol. The van der Waals surface area contributed by atoms with Gasteiger partial charge in [-0.15, -0.1) is 0 Å². The number of halogens is 2. The zero-order valence-electron chi connectivity index (χ0n) is 20.3. The van der Waals surface area contributed by atoms with Crippen molar-refractivity contribution >= 4 is 50.0 Å². The van der Waals surface area contributed by atoms with Crippen LogP contribution in [0.25, 0.3) is 22.1 Å². The molecule has 0 aliphatic rings. The maximum Gasteiger partial charge on any atom is 0.230 e. The van der Waals surface area contributed by atoms with Crippen LogP contribution in [0.4, 0.5) is 0 Å². The van der Waals surface area contributed by atoms with E-state index in [1.54, 1.807) is 12.1 Å². The van der Waals surface area contributed by atoms with E-state index in [9.17, 15) is 18.3 Å². The molecule has 2 N–H and O–H groups in total. The van der Waals surface area contributed by atoms with E-state index in [0.29, 0.717) is 29.3 Å². The Balaban J connectivity index is 1.77. The number of furan rings is 1. The number of aliphatic hydroxyl groups excluding tert-OH is 1. The highest BCUT2D eigenvalue weighted by Crippen LogP contribution is 2.34. The summed E-state index contributed by atoms with van der Waals surface area (Å²) < 4.78 is 31.6. The van der Waals surface area contributed by atoms with Crippen LogP contribution in [0.1, 0.15) is 27.2 Å². The first-order valence-electron chi connectivity index (χ1n) is 11.4. The van der Waals surface area contributed by atoms with Crippen molar-refractivity contribution in [1.29, 1.82) is 0 Å². The summed E-state index contributed by atoms with van der Waals surface area (Å²) in [5.41, 5.74) is 4.03. The van der Waals surface area contributed by atoms with Gasteiger partial charge in [0.15, 0.2) is 5.76 Å². The number of nitrogens with zero attached hydrogens (tertiary/aromatic N) is 1. The SMILES string of the molecule is CN(CCO)Cc1c(C(=O)c2ccc(Cl)cc2Cl)oc2cc(-c3cccc(CNS(C)(=O)=O)c3)ccc12. The number of benzene rings is 3. The molecule has 0 aliphatic carbocycles. The van der Waals surface area contributed by atoms with Gasteiger partial charge < -0.3 is 9.52 Å². The van der Waals surface area contributed by atoms with Gasteiger partial charge >= 0.3 is 0 Å². The summed E-state index contributed by atoms with van der Waals surface area (Å²) in [6.45, 7) is 0.963. The van der Waals surface area contributed by atoms with Crippen LogP contribution in [-0.4, -0.2) is 50.7 Å². The van der Waals surface area contributed by atoms with Crippen LogP contribution in [0.3, 0.4) is 0 Å². The molecule has 7 nitrogen and oxygen atoms in total. The molecule has 0 aliphatic heterocycles. The lowest BCUT2D eigenvalue weighted by molar-refractivity contribution is 0.101. The second-order valence-electron chi connectivity index (χ2n) is 8.83. The lowest BCUT2D eigenvalue weighted by Crippen LogP contribution is -2.22. The third-order valence-corrected chi connectivity index (χ3v) is 7.10. The average molecular weight is 561 g/mol. The molecule has 10 heteroatoms. The first-order chi connectivity index (χ1) is 17.6. The summed E-state index contributed by atoms with van der Waals surface area (Å²) in [6, 6.07) is 17.9. The smallest absolute Gasteiger partial charge is 0.230 e. The van der Waals surface area contributed by atoms with E-state index < -0.39 is 10.0 Å². The lowest BCUT2D eigenvalue weighted by Gasteiger charge is -2.15. The van der Waals surface area contributed by atoms with E-state index >= 15 is 0 Å². The van der Waals surface area contributed by atoms with Crippen LogP contribution in [0.15, 0.2) is 65.1 Å². The molecular formula is C27H26Cl2N2O5S. The Bertz CT molecular complexity index is 1570. The van der Waals surface area contributed by atoms with Crippen LogP contribution in [-0.2, 0) is 23.1 Å². The van der Waals surface area contributed by atoms with Crippen LogP contribution in [0, 0.1) is 0 Å². The van der Waals surface area contributed by atoms with Gasteiger partial charge in [-0.3, -0.25) is 9.69 Å². The fraction of sp³-hybridized carbons (Fsp3) is 0.222. The van der Waals surface area contributed by atoms with Crippen molar-refractivity contribution in [2.24, 2.45) is 0 Å². The van der Waals surface area contributed by atoms with Gasteiger partial charge in [-0.2, -0.15) is 0 Å². The Labute approximate surface area is 225 Å². The van der Waals surface area contributed by atoms with Crippen LogP contribution >= 0.6 is 23.2 Å². The molecule has 4 rings (SSSR count). The first kappa shape index (κ1) is 27.3. The molecule has 0 fully saturated rings. The van der Waals surface area contributed by atoms with Crippen LogP contribution < -0.4 is 4.72 Å². The number of fused-ring (bicyclic) bond motifs is 1. The van der Waals surface area contributed by atoms with Crippen molar-refractivity contribution in [2.45, 2.75) is 13.1 Å². The molecule has 194 valence electrons. The number of hydrogen-bond donors (Lipinski definition) is 2. The van der Waals surface area contributed by atoms with Crippen LogP contribution in [0.2, 0.25) is 10.0 Å². The Morgan fingerprint density at radius 2 is 1.81 bits per heavy atom. The summed E-state index contributed by atoms with van der Waals surface area (Å²) >= 11 is 12.3. The minimum atomic E-state index is -3.31. The molecule has 1 heterocycles. The molecule has 0 radical (unpaired) electrons. The van der Waals surface area contributed by atoms with Crippen molar-refractivity contribution in [1.82, 2.24) is 9.62 Å². The van der Waals surface area contributed by atoms with Gasteiger partial charge in [0, 0.05) is 41.2 Å². The molecule has 0 unspecified atom stereocenters. The van der Waals surface area contributed by atoms with Crippen molar-refractivity contribution in [3.63, 3.8) is 0 Å². The molecule has 37 heavy (non-hydrogen) atoms. The second kappa shape index (κ2) is 11.3. The fourth-order valence-electron chi connectivity index (χ4n) is 4.06. The number of likely N-dealkylation sites (N-methyl/N-ethyl adjacent to an activating group) is 1. The summed E-state index contributed by atoms with van der Waals surface area (Å²) in [7, 11) is -1.46. The minimum Gasteiger partial charge on any atom is -0.452 e. The molecule has 0 saturated heterocycles. The highest BCUT2D eigenvalue weighted by molar-refractivity contribution is 7.88. The molecule has 0 bridgehead atoms. The molecular weight excluding hydrogens is 535 g/mol. The maximum atomic E-state index is 13.5. The number of sulfonamides is 1. The van der Waals surface area contributed by atoms with Gasteiger partial charge in [0.2, 0.25) is 15.8 Å². The van der Waals surface area contributed by atoms with Gasteiger partial charge in [0.25, 0.3) is 0 Å². The predicted octanol–water partition coefficient (Wildman–Crippen LogP) is 5.11.